The number of carbonyl (C=O) groups is 1. The van der Waals surface area contributed by atoms with Gasteiger partial charge in [0.1, 0.15) is 5.56 Å². The molecule has 0 atom stereocenters. The van der Waals surface area contributed by atoms with Crippen molar-refractivity contribution >= 4 is 45.7 Å². The molecule has 9 heteroatoms. The maximum atomic E-state index is 12.7. The molecular formula is C9H4ClF3INO3. The lowest BCUT2D eigenvalue weighted by atomic mass is 10.1. The summed E-state index contributed by atoms with van der Waals surface area (Å²) in [7, 11) is 0. The predicted octanol–water partition coefficient (Wildman–Crippen LogP) is 3.64. The molecule has 98 valence electrons. The van der Waals surface area contributed by atoms with Crippen LogP contribution in [0.2, 0.25) is 0 Å². The number of nitro groups is 1. The van der Waals surface area contributed by atoms with Crippen molar-refractivity contribution in [3.05, 3.63) is 36.9 Å². The van der Waals surface area contributed by atoms with E-state index in [0.717, 1.165) is 6.07 Å². The van der Waals surface area contributed by atoms with Gasteiger partial charge in [0.2, 0.25) is 0 Å². The molecule has 0 aliphatic heterocycles. The van der Waals surface area contributed by atoms with Crippen LogP contribution < -0.4 is 0 Å². The third kappa shape index (κ3) is 3.10. The minimum Gasteiger partial charge on any atom is -0.293 e. The summed E-state index contributed by atoms with van der Waals surface area (Å²) < 4.78 is 37.8. The molecule has 0 bridgehead atoms. The molecule has 0 saturated heterocycles. The van der Waals surface area contributed by atoms with Crippen LogP contribution >= 0.6 is 34.2 Å². The predicted molar refractivity (Wildman–Crippen MR) is 65.9 cm³/mol. The van der Waals surface area contributed by atoms with Crippen molar-refractivity contribution in [1.82, 2.24) is 0 Å². The van der Waals surface area contributed by atoms with E-state index in [1.807, 2.05) is 0 Å². The highest BCUT2D eigenvalue weighted by Crippen LogP contribution is 2.39. The molecule has 18 heavy (non-hydrogen) atoms. The molecule has 0 heterocycles. The highest BCUT2D eigenvalue weighted by Gasteiger charge is 2.40. The Kier molecular flexibility index (Phi) is 4.54. The molecule has 0 aliphatic rings. The van der Waals surface area contributed by atoms with Crippen molar-refractivity contribution in [2.45, 2.75) is 6.18 Å². The van der Waals surface area contributed by atoms with E-state index in [4.69, 9.17) is 11.6 Å². The Bertz CT molecular complexity index is 519. The largest absolute Gasteiger partial charge is 0.423 e. The molecule has 1 rings (SSSR count). The average Bonchev–Trinajstić information content (AvgIpc) is 2.25. The summed E-state index contributed by atoms with van der Waals surface area (Å²) in [6, 6.07) is 1.46. The zero-order chi connectivity index (χ0) is 14.1. The third-order valence-corrected chi connectivity index (χ3v) is 3.06. The maximum Gasteiger partial charge on any atom is 0.423 e. The second-order valence-electron chi connectivity index (χ2n) is 3.17. The van der Waals surface area contributed by atoms with Gasteiger partial charge in [0.05, 0.1) is 14.4 Å². The van der Waals surface area contributed by atoms with Crippen LogP contribution in [-0.4, -0.2) is 16.6 Å². The van der Waals surface area contributed by atoms with Crippen LogP contribution in [0, 0.1) is 13.7 Å². The van der Waals surface area contributed by atoms with Crippen molar-refractivity contribution in [2.75, 3.05) is 5.88 Å². The quantitative estimate of drug-likeness (QED) is 0.259. The van der Waals surface area contributed by atoms with E-state index in [1.165, 1.54) is 22.6 Å². The summed E-state index contributed by atoms with van der Waals surface area (Å²) in [5, 5.41) is 10.6. The lowest BCUT2D eigenvalue weighted by Crippen LogP contribution is -2.13. The Morgan fingerprint density at radius 2 is 2.00 bits per heavy atom. The second kappa shape index (κ2) is 5.39. The summed E-state index contributed by atoms with van der Waals surface area (Å²) in [5.41, 5.74) is -2.81. The Labute approximate surface area is 117 Å². The van der Waals surface area contributed by atoms with Crippen molar-refractivity contribution in [3.63, 3.8) is 0 Å². The number of hydrogen-bond acceptors (Lipinski definition) is 3. The lowest BCUT2D eigenvalue weighted by molar-refractivity contribution is -0.389. The van der Waals surface area contributed by atoms with E-state index in [2.05, 4.69) is 0 Å². The van der Waals surface area contributed by atoms with Crippen molar-refractivity contribution in [3.8, 4) is 0 Å². The minimum absolute atomic E-state index is 0.263. The number of nitrogens with zero attached hydrogens (tertiary/aromatic N) is 1. The van der Waals surface area contributed by atoms with E-state index < -0.39 is 34.0 Å². The summed E-state index contributed by atoms with van der Waals surface area (Å²) in [6.45, 7) is 0. The van der Waals surface area contributed by atoms with Crippen molar-refractivity contribution in [2.24, 2.45) is 0 Å². The van der Waals surface area contributed by atoms with Crippen LogP contribution in [0.15, 0.2) is 12.1 Å². The molecule has 0 unspecified atom stereocenters. The molecule has 0 N–H and O–H groups in total. The van der Waals surface area contributed by atoms with Gasteiger partial charge in [-0.25, -0.2) is 0 Å². The van der Waals surface area contributed by atoms with E-state index in [1.54, 1.807) is 0 Å². The first-order valence-corrected chi connectivity index (χ1v) is 5.94. The molecule has 0 amide bonds. The second-order valence-corrected chi connectivity index (χ2v) is 4.60. The van der Waals surface area contributed by atoms with Crippen molar-refractivity contribution < 1.29 is 22.9 Å². The molecule has 0 aliphatic carbocycles. The molecular weight excluding hydrogens is 389 g/mol. The van der Waals surface area contributed by atoms with Gasteiger partial charge in [0.25, 0.3) is 5.69 Å². The van der Waals surface area contributed by atoms with Crippen molar-refractivity contribution in [1.29, 1.82) is 0 Å². The number of halogens is 5. The lowest BCUT2D eigenvalue weighted by Gasteiger charge is -2.10. The summed E-state index contributed by atoms with van der Waals surface area (Å²) in [5.74, 6) is -1.22. The summed E-state index contributed by atoms with van der Waals surface area (Å²) >= 11 is 6.62. The highest BCUT2D eigenvalue weighted by molar-refractivity contribution is 14.1. The normalized spacial score (nSPS) is 11.4. The molecule has 4 nitrogen and oxygen atoms in total. The Morgan fingerprint density at radius 1 is 1.44 bits per heavy atom. The first-order valence-electron chi connectivity index (χ1n) is 4.32. The zero-order valence-electron chi connectivity index (χ0n) is 8.42. The van der Waals surface area contributed by atoms with Gasteiger partial charge < -0.3 is 0 Å². The molecule has 0 radical (unpaired) electrons. The third-order valence-electron chi connectivity index (χ3n) is 1.99. The van der Waals surface area contributed by atoms with Gasteiger partial charge in [0, 0.05) is 5.56 Å². The van der Waals surface area contributed by atoms with Gasteiger partial charge in [0.15, 0.2) is 5.78 Å². The number of rotatable bonds is 3. The maximum absolute atomic E-state index is 12.7. The van der Waals surface area contributed by atoms with Gasteiger partial charge in [-0.2, -0.15) is 13.2 Å². The molecule has 0 fully saturated rings. The fourth-order valence-electron chi connectivity index (χ4n) is 1.24. The standard InChI is InChI=1S/C9H4ClF3INO3/c10-3-7(16)4-1-5(9(11,12)13)8(15(17)18)6(14)2-4/h1-2H,3H2. The number of Topliss-reactive ketones (excluding diaryl/α,β-unsaturated/α-hetero) is 1. The Hall–Kier alpha value is -0.900. The van der Waals surface area contributed by atoms with E-state index in [-0.39, 0.29) is 9.13 Å². The van der Waals surface area contributed by atoms with Crippen LogP contribution in [0.4, 0.5) is 18.9 Å². The molecule has 0 saturated carbocycles. The topological polar surface area (TPSA) is 60.2 Å². The number of nitro benzene ring substituents is 1. The Morgan fingerprint density at radius 3 is 2.39 bits per heavy atom. The molecule has 0 spiro atoms. The number of hydrogen-bond donors (Lipinski definition) is 0. The van der Waals surface area contributed by atoms with Crippen LogP contribution in [-0.2, 0) is 6.18 Å². The van der Waals surface area contributed by atoms with E-state index in [0.29, 0.717) is 6.07 Å². The van der Waals surface area contributed by atoms with Gasteiger partial charge in [-0.15, -0.1) is 11.6 Å². The van der Waals surface area contributed by atoms with Gasteiger partial charge in [-0.05, 0) is 34.7 Å². The van der Waals surface area contributed by atoms with Crippen LogP contribution in [0.1, 0.15) is 15.9 Å². The van der Waals surface area contributed by atoms with E-state index in [9.17, 15) is 28.1 Å². The smallest absolute Gasteiger partial charge is 0.293 e. The van der Waals surface area contributed by atoms with Gasteiger partial charge in [-0.1, -0.05) is 0 Å². The molecule has 1 aromatic carbocycles. The number of benzene rings is 1. The van der Waals surface area contributed by atoms with Crippen LogP contribution in [0.5, 0.6) is 0 Å². The first kappa shape index (κ1) is 15.2. The van der Waals surface area contributed by atoms with Crippen LogP contribution in [0.3, 0.4) is 0 Å². The first-order chi connectivity index (χ1) is 8.18. The molecule has 0 aromatic heterocycles. The fourth-order valence-corrected chi connectivity index (χ4v) is 2.22. The fraction of sp³-hybridized carbons (Fsp3) is 0.222. The minimum atomic E-state index is -4.91. The highest BCUT2D eigenvalue weighted by atomic mass is 127. The average molecular weight is 393 g/mol. The summed E-state index contributed by atoms with van der Waals surface area (Å²) in [6.07, 6.45) is -4.91. The number of carbonyl (C=O) groups excluding carboxylic acids is 1. The summed E-state index contributed by atoms with van der Waals surface area (Å²) in [4.78, 5) is 20.8. The molecule has 1 aromatic rings. The zero-order valence-corrected chi connectivity index (χ0v) is 11.3. The van der Waals surface area contributed by atoms with Gasteiger partial charge in [-0.3, -0.25) is 14.9 Å². The van der Waals surface area contributed by atoms with E-state index >= 15 is 0 Å². The van der Waals surface area contributed by atoms with Gasteiger partial charge >= 0.3 is 6.18 Å². The van der Waals surface area contributed by atoms with Crippen LogP contribution in [0.25, 0.3) is 0 Å². The monoisotopic (exact) mass is 393 g/mol. The Balaban J connectivity index is 3.57. The number of alkyl halides is 4. The number of ketones is 1. The SMILES string of the molecule is O=C(CCl)c1cc(I)c([N+](=O)[O-])c(C(F)(F)F)c1.